The van der Waals surface area contributed by atoms with Gasteiger partial charge in [0.2, 0.25) is 0 Å². The van der Waals surface area contributed by atoms with Crippen molar-refractivity contribution >= 4 is 17.7 Å². The molecule has 2 rings (SSSR count). The van der Waals surface area contributed by atoms with Crippen LogP contribution in [0.25, 0.3) is 0 Å². The number of ether oxygens (including phenoxy) is 3. The molecule has 26 heavy (non-hydrogen) atoms. The lowest BCUT2D eigenvalue weighted by Gasteiger charge is -2.31. The van der Waals surface area contributed by atoms with Crippen LogP contribution in [0, 0.1) is 5.92 Å². The Kier molecular flexibility index (Phi) is 6.33. The molecule has 0 N–H and O–H groups in total. The van der Waals surface area contributed by atoms with Crippen LogP contribution in [0.3, 0.4) is 0 Å². The molecule has 0 bridgehead atoms. The predicted octanol–water partition coefficient (Wildman–Crippen LogP) is 3.05. The van der Waals surface area contributed by atoms with Gasteiger partial charge in [-0.25, -0.2) is 4.79 Å². The molecular formula is C20H23NO5. The number of nitrogens with zero attached hydrogens (tertiary/aromatic N) is 1. The van der Waals surface area contributed by atoms with E-state index in [0.29, 0.717) is 34.9 Å². The first kappa shape index (κ1) is 19.4. The summed E-state index contributed by atoms with van der Waals surface area (Å²) >= 11 is 0. The Hall–Kier alpha value is -2.89. The van der Waals surface area contributed by atoms with E-state index in [1.807, 2.05) is 18.2 Å². The Morgan fingerprint density at radius 1 is 1.19 bits per heavy atom. The molecular weight excluding hydrogens is 334 g/mol. The van der Waals surface area contributed by atoms with Gasteiger partial charge in [0.15, 0.2) is 0 Å². The third kappa shape index (κ3) is 3.69. The van der Waals surface area contributed by atoms with Crippen LogP contribution in [0.2, 0.25) is 0 Å². The van der Waals surface area contributed by atoms with Crippen molar-refractivity contribution in [1.82, 2.24) is 0 Å². The first-order valence-electron chi connectivity index (χ1n) is 8.20. The zero-order chi connectivity index (χ0) is 19.3. The van der Waals surface area contributed by atoms with Crippen LogP contribution in [-0.2, 0) is 19.1 Å². The van der Waals surface area contributed by atoms with E-state index >= 15 is 0 Å². The molecule has 6 heteroatoms. The van der Waals surface area contributed by atoms with Gasteiger partial charge in [0.05, 0.1) is 19.8 Å². The lowest BCUT2D eigenvalue weighted by Crippen LogP contribution is -2.36. The Morgan fingerprint density at radius 2 is 1.88 bits per heavy atom. The molecule has 0 saturated carbocycles. The second kappa shape index (κ2) is 8.47. The van der Waals surface area contributed by atoms with Crippen LogP contribution in [0.15, 0.2) is 53.2 Å². The van der Waals surface area contributed by atoms with E-state index in [1.165, 1.54) is 14.2 Å². The summed E-state index contributed by atoms with van der Waals surface area (Å²) in [6, 6.07) is 7.27. The quantitative estimate of drug-likeness (QED) is 0.578. The summed E-state index contributed by atoms with van der Waals surface area (Å²) in [5.74, 6) is -1.80. The zero-order valence-corrected chi connectivity index (χ0v) is 15.4. The van der Waals surface area contributed by atoms with Crippen molar-refractivity contribution in [3.8, 4) is 5.75 Å². The van der Waals surface area contributed by atoms with Crippen LogP contribution in [0.1, 0.15) is 25.3 Å². The molecule has 1 aromatic carbocycles. The van der Waals surface area contributed by atoms with Crippen LogP contribution < -0.4 is 4.74 Å². The number of methoxy groups -OCH3 is 2. The lowest BCUT2D eigenvalue weighted by atomic mass is 9.75. The highest BCUT2D eigenvalue weighted by molar-refractivity contribution is 6.07. The molecule has 0 aromatic heterocycles. The summed E-state index contributed by atoms with van der Waals surface area (Å²) in [7, 11) is 2.62. The number of benzene rings is 1. The van der Waals surface area contributed by atoms with E-state index < -0.39 is 23.8 Å². The number of allylic oxidation sites excluding steroid dienone is 1. The van der Waals surface area contributed by atoms with Crippen LogP contribution in [-0.4, -0.2) is 38.5 Å². The topological polar surface area (TPSA) is 74.2 Å². The number of para-hydroxylation sites is 1. The molecule has 1 unspecified atom stereocenters. The van der Waals surface area contributed by atoms with Gasteiger partial charge in [0.25, 0.3) is 0 Å². The molecule has 0 spiro atoms. The molecule has 1 aliphatic rings. The van der Waals surface area contributed by atoms with E-state index in [1.54, 1.807) is 26.0 Å². The Bertz CT molecular complexity index is 778. The fourth-order valence-corrected chi connectivity index (χ4v) is 3.20. The molecule has 0 amide bonds. The second-order valence-corrected chi connectivity index (χ2v) is 5.86. The van der Waals surface area contributed by atoms with Gasteiger partial charge >= 0.3 is 11.9 Å². The average molecular weight is 357 g/mol. The van der Waals surface area contributed by atoms with Gasteiger partial charge in [-0.2, -0.15) is 0 Å². The first-order chi connectivity index (χ1) is 12.5. The van der Waals surface area contributed by atoms with E-state index in [2.05, 4.69) is 11.6 Å². The normalized spacial score (nSPS) is 19.5. The SMILES string of the molecule is C=CCOc1ccccc1[C@H]1C(C(=O)OC)=C(C)N=C(C)C1C(=O)OC. The second-order valence-electron chi connectivity index (χ2n) is 5.86. The molecule has 0 radical (unpaired) electrons. The van der Waals surface area contributed by atoms with Gasteiger partial charge in [-0.3, -0.25) is 9.79 Å². The predicted molar refractivity (Wildman–Crippen MR) is 98.2 cm³/mol. The highest BCUT2D eigenvalue weighted by Gasteiger charge is 2.43. The Morgan fingerprint density at radius 3 is 2.50 bits per heavy atom. The standard InChI is InChI=1S/C20H23NO5/c1-6-11-26-15-10-8-7-9-14(15)18-16(19(22)24-4)12(2)21-13(3)17(18)20(23)25-5/h6-10,16,18H,1,11H2,2-5H3/t16?,18-/m1/s1. The lowest BCUT2D eigenvalue weighted by molar-refractivity contribution is -0.143. The van der Waals surface area contributed by atoms with Gasteiger partial charge in [0, 0.05) is 22.9 Å². The fraction of sp³-hybridized carbons (Fsp3) is 0.350. The summed E-state index contributed by atoms with van der Waals surface area (Å²) in [5.41, 5.74) is 2.10. The number of aliphatic imine (C=N–C) groups is 1. The molecule has 0 saturated heterocycles. The average Bonchev–Trinajstić information content (AvgIpc) is 2.64. The number of carbonyl (C=O) groups excluding carboxylic acids is 2. The number of hydrogen-bond donors (Lipinski definition) is 0. The van der Waals surface area contributed by atoms with Crippen molar-refractivity contribution in [2.45, 2.75) is 19.8 Å². The van der Waals surface area contributed by atoms with Crippen molar-refractivity contribution in [2.24, 2.45) is 10.9 Å². The van der Waals surface area contributed by atoms with Crippen LogP contribution in [0.4, 0.5) is 0 Å². The van der Waals surface area contributed by atoms with E-state index in [0.717, 1.165) is 0 Å². The smallest absolute Gasteiger partial charge is 0.336 e. The maximum atomic E-state index is 12.5. The number of carbonyl (C=O) groups is 2. The summed E-state index contributed by atoms with van der Waals surface area (Å²) in [5, 5.41) is 0. The van der Waals surface area contributed by atoms with Crippen molar-refractivity contribution in [3.05, 3.63) is 53.8 Å². The Labute approximate surface area is 153 Å². The van der Waals surface area contributed by atoms with Crippen molar-refractivity contribution in [2.75, 3.05) is 20.8 Å². The minimum Gasteiger partial charge on any atom is -0.489 e. The first-order valence-corrected chi connectivity index (χ1v) is 8.20. The third-order valence-electron chi connectivity index (χ3n) is 4.30. The molecule has 0 fully saturated rings. The van der Waals surface area contributed by atoms with Crippen molar-refractivity contribution < 1.29 is 23.8 Å². The largest absolute Gasteiger partial charge is 0.489 e. The molecule has 2 atom stereocenters. The summed E-state index contributed by atoms with van der Waals surface area (Å²) in [6.45, 7) is 7.43. The van der Waals surface area contributed by atoms with Crippen LogP contribution in [0.5, 0.6) is 5.75 Å². The number of esters is 2. The van der Waals surface area contributed by atoms with Gasteiger partial charge in [-0.15, -0.1) is 0 Å². The third-order valence-corrected chi connectivity index (χ3v) is 4.30. The van der Waals surface area contributed by atoms with E-state index in [-0.39, 0.29) is 0 Å². The molecule has 1 heterocycles. The number of hydrogen-bond acceptors (Lipinski definition) is 6. The van der Waals surface area contributed by atoms with Crippen molar-refractivity contribution in [1.29, 1.82) is 0 Å². The van der Waals surface area contributed by atoms with Crippen LogP contribution >= 0.6 is 0 Å². The molecule has 6 nitrogen and oxygen atoms in total. The monoisotopic (exact) mass is 357 g/mol. The Balaban J connectivity index is 2.69. The van der Waals surface area contributed by atoms with E-state index in [9.17, 15) is 9.59 Å². The van der Waals surface area contributed by atoms with Gasteiger partial charge in [-0.05, 0) is 19.9 Å². The maximum absolute atomic E-state index is 12.5. The molecule has 0 aliphatic carbocycles. The molecule has 1 aliphatic heterocycles. The van der Waals surface area contributed by atoms with Gasteiger partial charge < -0.3 is 14.2 Å². The van der Waals surface area contributed by atoms with Gasteiger partial charge in [-0.1, -0.05) is 30.9 Å². The molecule has 1 aromatic rings. The summed E-state index contributed by atoms with van der Waals surface area (Å²) in [6.07, 6.45) is 1.63. The maximum Gasteiger partial charge on any atom is 0.336 e. The number of rotatable bonds is 6. The zero-order valence-electron chi connectivity index (χ0n) is 15.4. The highest BCUT2D eigenvalue weighted by Crippen LogP contribution is 2.43. The minimum atomic E-state index is -0.744. The van der Waals surface area contributed by atoms with Crippen molar-refractivity contribution in [3.63, 3.8) is 0 Å². The highest BCUT2D eigenvalue weighted by atomic mass is 16.5. The summed E-state index contributed by atoms with van der Waals surface area (Å²) in [4.78, 5) is 29.4. The van der Waals surface area contributed by atoms with Gasteiger partial charge in [0.1, 0.15) is 18.3 Å². The fourth-order valence-electron chi connectivity index (χ4n) is 3.20. The van der Waals surface area contributed by atoms with E-state index in [4.69, 9.17) is 14.2 Å². The molecule has 138 valence electrons. The summed E-state index contributed by atoms with van der Waals surface area (Å²) < 4.78 is 15.7. The minimum absolute atomic E-state index is 0.302.